The van der Waals surface area contributed by atoms with E-state index in [4.69, 9.17) is 5.26 Å². The molecule has 1 saturated carbocycles. The van der Waals surface area contributed by atoms with E-state index in [2.05, 4.69) is 22.0 Å². The standard InChI is InChI=1S/C13H12BrNO/c14-11-5-3-10(4-6-11)12(8-15)13(16)7-9-1-2-9/h3-6,9,12H,1-2,7H2. The fourth-order valence-electron chi connectivity index (χ4n) is 1.71. The molecule has 1 aromatic carbocycles. The van der Waals surface area contributed by atoms with Crippen molar-refractivity contribution in [2.24, 2.45) is 5.92 Å². The van der Waals surface area contributed by atoms with Crippen molar-refractivity contribution in [3.05, 3.63) is 34.3 Å². The van der Waals surface area contributed by atoms with Gasteiger partial charge < -0.3 is 0 Å². The first kappa shape index (κ1) is 11.3. The van der Waals surface area contributed by atoms with E-state index >= 15 is 0 Å². The van der Waals surface area contributed by atoms with Gasteiger partial charge in [0, 0.05) is 10.9 Å². The van der Waals surface area contributed by atoms with Crippen molar-refractivity contribution in [3.63, 3.8) is 0 Å². The normalized spacial score (nSPS) is 16.5. The molecule has 1 unspecified atom stereocenters. The van der Waals surface area contributed by atoms with Gasteiger partial charge in [0.2, 0.25) is 0 Å². The molecule has 0 aliphatic heterocycles. The zero-order chi connectivity index (χ0) is 11.5. The molecule has 1 aliphatic rings. The van der Waals surface area contributed by atoms with Crippen LogP contribution in [0.15, 0.2) is 28.7 Å². The van der Waals surface area contributed by atoms with Gasteiger partial charge in [-0.15, -0.1) is 0 Å². The molecule has 1 aromatic rings. The Balaban J connectivity index is 2.12. The molecule has 0 bridgehead atoms. The highest BCUT2D eigenvalue weighted by molar-refractivity contribution is 9.10. The molecule has 1 atom stereocenters. The van der Waals surface area contributed by atoms with Gasteiger partial charge in [-0.3, -0.25) is 4.79 Å². The largest absolute Gasteiger partial charge is 0.298 e. The molecule has 0 spiro atoms. The third-order valence-electron chi connectivity index (χ3n) is 2.84. The van der Waals surface area contributed by atoms with Crippen LogP contribution in [-0.4, -0.2) is 5.78 Å². The molecule has 0 radical (unpaired) electrons. The Labute approximate surface area is 103 Å². The molecular weight excluding hydrogens is 266 g/mol. The Morgan fingerprint density at radius 2 is 2.06 bits per heavy atom. The maximum Gasteiger partial charge on any atom is 0.154 e. The van der Waals surface area contributed by atoms with E-state index in [1.54, 1.807) is 0 Å². The lowest BCUT2D eigenvalue weighted by Crippen LogP contribution is -2.11. The van der Waals surface area contributed by atoms with Crippen LogP contribution in [0.3, 0.4) is 0 Å². The summed E-state index contributed by atoms with van der Waals surface area (Å²) in [6.45, 7) is 0. The van der Waals surface area contributed by atoms with Crippen molar-refractivity contribution < 1.29 is 4.79 Å². The molecule has 2 rings (SSSR count). The van der Waals surface area contributed by atoms with Crippen LogP contribution in [0.2, 0.25) is 0 Å². The summed E-state index contributed by atoms with van der Waals surface area (Å²) in [5, 5.41) is 9.07. The first-order valence-electron chi connectivity index (χ1n) is 5.38. The molecule has 3 heteroatoms. The van der Waals surface area contributed by atoms with Crippen LogP contribution in [0.25, 0.3) is 0 Å². The number of Topliss-reactive ketones (excluding diaryl/α,β-unsaturated/α-hetero) is 1. The first-order valence-corrected chi connectivity index (χ1v) is 6.18. The van der Waals surface area contributed by atoms with Crippen LogP contribution >= 0.6 is 15.9 Å². The second kappa shape index (κ2) is 4.80. The smallest absolute Gasteiger partial charge is 0.154 e. The van der Waals surface area contributed by atoms with Gasteiger partial charge in [-0.05, 0) is 36.5 Å². The third kappa shape index (κ3) is 2.70. The number of rotatable bonds is 4. The summed E-state index contributed by atoms with van der Waals surface area (Å²) in [6, 6.07) is 9.51. The fourth-order valence-corrected chi connectivity index (χ4v) is 1.98. The zero-order valence-corrected chi connectivity index (χ0v) is 10.4. The van der Waals surface area contributed by atoms with E-state index in [0.717, 1.165) is 22.9 Å². The summed E-state index contributed by atoms with van der Waals surface area (Å²) in [7, 11) is 0. The molecular formula is C13H12BrNO. The molecule has 2 nitrogen and oxygen atoms in total. The van der Waals surface area contributed by atoms with Crippen LogP contribution < -0.4 is 0 Å². The molecule has 0 N–H and O–H groups in total. The second-order valence-corrected chi connectivity index (χ2v) is 5.14. The van der Waals surface area contributed by atoms with Gasteiger partial charge in [-0.1, -0.05) is 28.1 Å². The van der Waals surface area contributed by atoms with Crippen molar-refractivity contribution in [2.75, 3.05) is 0 Å². The van der Waals surface area contributed by atoms with Crippen LogP contribution in [0.4, 0.5) is 0 Å². The maximum absolute atomic E-state index is 11.9. The summed E-state index contributed by atoms with van der Waals surface area (Å²) in [5.74, 6) is 0.0137. The number of carbonyl (C=O) groups is 1. The number of hydrogen-bond donors (Lipinski definition) is 0. The van der Waals surface area contributed by atoms with Crippen LogP contribution in [0, 0.1) is 17.2 Å². The average molecular weight is 278 g/mol. The van der Waals surface area contributed by atoms with E-state index in [1.165, 1.54) is 0 Å². The van der Waals surface area contributed by atoms with Gasteiger partial charge in [0.25, 0.3) is 0 Å². The summed E-state index contributed by atoms with van der Waals surface area (Å²) in [4.78, 5) is 11.9. The molecule has 0 heterocycles. The lowest BCUT2D eigenvalue weighted by Gasteiger charge is -2.07. The maximum atomic E-state index is 11.9. The van der Waals surface area contributed by atoms with Crippen molar-refractivity contribution in [1.29, 1.82) is 5.26 Å². The third-order valence-corrected chi connectivity index (χ3v) is 3.37. The molecule has 0 aromatic heterocycles. The number of hydrogen-bond acceptors (Lipinski definition) is 2. The minimum absolute atomic E-state index is 0.0623. The minimum atomic E-state index is -0.589. The SMILES string of the molecule is N#CC(C(=O)CC1CC1)c1ccc(Br)cc1. The monoisotopic (exact) mass is 277 g/mol. The second-order valence-electron chi connectivity index (χ2n) is 4.23. The molecule has 0 amide bonds. The Morgan fingerprint density at radius 3 is 2.56 bits per heavy atom. The van der Waals surface area contributed by atoms with Crippen LogP contribution in [0.5, 0.6) is 0 Å². The van der Waals surface area contributed by atoms with Gasteiger partial charge in [0.05, 0.1) is 6.07 Å². The highest BCUT2D eigenvalue weighted by atomic mass is 79.9. The van der Waals surface area contributed by atoms with Crippen molar-refractivity contribution in [3.8, 4) is 6.07 Å². The summed E-state index contributed by atoms with van der Waals surface area (Å²) < 4.78 is 0.961. The zero-order valence-electron chi connectivity index (χ0n) is 8.82. The Hall–Kier alpha value is -1.14. The van der Waals surface area contributed by atoms with E-state index in [-0.39, 0.29) is 5.78 Å². The molecule has 16 heavy (non-hydrogen) atoms. The topological polar surface area (TPSA) is 40.9 Å². The fraction of sp³-hybridized carbons (Fsp3) is 0.385. The number of nitrogens with zero attached hydrogens (tertiary/aromatic N) is 1. The van der Waals surface area contributed by atoms with E-state index in [9.17, 15) is 4.79 Å². The Morgan fingerprint density at radius 1 is 1.44 bits per heavy atom. The Bertz CT molecular complexity index is 428. The van der Waals surface area contributed by atoms with Gasteiger partial charge in [-0.2, -0.15) is 5.26 Å². The molecule has 1 fully saturated rings. The number of ketones is 1. The minimum Gasteiger partial charge on any atom is -0.298 e. The van der Waals surface area contributed by atoms with E-state index in [1.807, 2.05) is 24.3 Å². The van der Waals surface area contributed by atoms with Gasteiger partial charge in [0.1, 0.15) is 5.92 Å². The van der Waals surface area contributed by atoms with Crippen molar-refractivity contribution >= 4 is 21.7 Å². The highest BCUT2D eigenvalue weighted by Crippen LogP contribution is 2.34. The van der Waals surface area contributed by atoms with Gasteiger partial charge >= 0.3 is 0 Å². The van der Waals surface area contributed by atoms with Crippen molar-refractivity contribution in [2.45, 2.75) is 25.2 Å². The van der Waals surface area contributed by atoms with Gasteiger partial charge in [0.15, 0.2) is 5.78 Å². The average Bonchev–Trinajstić information content (AvgIpc) is 3.06. The summed E-state index contributed by atoms with van der Waals surface area (Å²) >= 11 is 3.34. The van der Waals surface area contributed by atoms with Gasteiger partial charge in [-0.25, -0.2) is 0 Å². The number of halogens is 1. The molecule has 82 valence electrons. The molecule has 1 aliphatic carbocycles. The van der Waals surface area contributed by atoms with Crippen LogP contribution in [-0.2, 0) is 4.79 Å². The summed E-state index contributed by atoms with van der Waals surface area (Å²) in [6.07, 6.45) is 2.85. The number of benzene rings is 1. The lowest BCUT2D eigenvalue weighted by atomic mass is 9.93. The van der Waals surface area contributed by atoms with Crippen molar-refractivity contribution in [1.82, 2.24) is 0 Å². The van der Waals surface area contributed by atoms with E-state index < -0.39 is 5.92 Å². The number of nitriles is 1. The molecule has 0 saturated heterocycles. The van der Waals surface area contributed by atoms with Crippen LogP contribution in [0.1, 0.15) is 30.7 Å². The highest BCUT2D eigenvalue weighted by Gasteiger charge is 2.29. The predicted octanol–water partition coefficient (Wildman–Crippen LogP) is 3.43. The predicted molar refractivity (Wildman–Crippen MR) is 64.8 cm³/mol. The van der Waals surface area contributed by atoms with E-state index in [0.29, 0.717) is 12.3 Å². The number of carbonyl (C=O) groups excluding carboxylic acids is 1. The lowest BCUT2D eigenvalue weighted by molar-refractivity contribution is -0.119. The first-order chi connectivity index (χ1) is 7.70. The summed E-state index contributed by atoms with van der Waals surface area (Å²) in [5.41, 5.74) is 0.802. The quantitative estimate of drug-likeness (QED) is 0.846. The Kier molecular flexibility index (Phi) is 3.40.